The van der Waals surface area contributed by atoms with E-state index in [-0.39, 0.29) is 0 Å². The topological polar surface area (TPSA) is 71.4 Å². The summed E-state index contributed by atoms with van der Waals surface area (Å²) in [5, 5.41) is 3.26. The number of nitrogens with one attached hydrogen (secondary N) is 1. The van der Waals surface area contributed by atoms with Crippen LogP contribution in [0.5, 0.6) is 0 Å². The minimum Gasteiger partial charge on any atom is -0.376 e. The zero-order valence-corrected chi connectivity index (χ0v) is 14.0. The highest BCUT2D eigenvalue weighted by Gasteiger charge is 2.26. The number of benzene rings is 1. The lowest BCUT2D eigenvalue weighted by molar-refractivity contribution is 0.102. The van der Waals surface area contributed by atoms with Crippen LogP contribution in [0.2, 0.25) is 0 Å². The minimum atomic E-state index is 0.392. The fraction of sp³-hybridized carbons (Fsp3) is 0.667. The molecule has 1 aromatic rings. The second-order valence-electron chi connectivity index (χ2n) is 6.17. The number of rotatable bonds is 8. The standard InChI is InChI=1S/C6H11NO2.C6H10O3.C6H6/c2*1(5-3-8-5)7-2-6-4-9-6;1-2-4-6-5-3-1/h5-7H,1-4H2;5-6H,1-4H2;1-6H. The Bertz CT molecular complexity index is 354. The predicted octanol–water partition coefficient (Wildman–Crippen LogP) is 0.861. The molecule has 0 aliphatic carbocycles. The van der Waals surface area contributed by atoms with Crippen molar-refractivity contribution in [1.82, 2.24) is 5.32 Å². The van der Waals surface area contributed by atoms with Crippen LogP contribution in [0.15, 0.2) is 36.4 Å². The first kappa shape index (κ1) is 17.8. The Morgan fingerprint density at radius 1 is 0.625 bits per heavy atom. The summed E-state index contributed by atoms with van der Waals surface area (Å²) in [7, 11) is 0. The molecule has 0 bridgehead atoms. The van der Waals surface area contributed by atoms with Gasteiger partial charge >= 0.3 is 0 Å². The summed E-state index contributed by atoms with van der Waals surface area (Å²) >= 11 is 0. The predicted molar refractivity (Wildman–Crippen MR) is 89.1 cm³/mol. The Labute approximate surface area is 143 Å². The molecule has 6 heteroatoms. The lowest BCUT2D eigenvalue weighted by Gasteiger charge is -1.95. The minimum absolute atomic E-state index is 0.392. The van der Waals surface area contributed by atoms with Crippen LogP contribution in [-0.2, 0) is 23.7 Å². The average Bonchev–Trinajstić information content (AvgIpc) is 3.48. The van der Waals surface area contributed by atoms with E-state index in [1.54, 1.807) is 0 Å². The monoisotopic (exact) mass is 337 g/mol. The third-order valence-corrected chi connectivity index (χ3v) is 3.63. The largest absolute Gasteiger partial charge is 0.376 e. The molecule has 24 heavy (non-hydrogen) atoms. The molecule has 0 spiro atoms. The highest BCUT2D eigenvalue weighted by atomic mass is 16.6. The van der Waals surface area contributed by atoms with Gasteiger partial charge in [-0.1, -0.05) is 36.4 Å². The van der Waals surface area contributed by atoms with Crippen LogP contribution >= 0.6 is 0 Å². The average molecular weight is 337 g/mol. The van der Waals surface area contributed by atoms with Gasteiger partial charge in [0.05, 0.1) is 51.8 Å². The molecule has 4 unspecified atom stereocenters. The molecule has 4 aliphatic rings. The second-order valence-corrected chi connectivity index (χ2v) is 6.17. The first-order valence-electron chi connectivity index (χ1n) is 8.65. The lowest BCUT2D eigenvalue weighted by Crippen LogP contribution is -2.24. The zero-order chi connectivity index (χ0) is 16.5. The summed E-state index contributed by atoms with van der Waals surface area (Å²) in [5.41, 5.74) is 0. The summed E-state index contributed by atoms with van der Waals surface area (Å²) in [5.74, 6) is 0. The van der Waals surface area contributed by atoms with Crippen molar-refractivity contribution in [2.24, 2.45) is 0 Å². The number of ether oxygens (including phenoxy) is 5. The van der Waals surface area contributed by atoms with Gasteiger partial charge in [-0.25, -0.2) is 0 Å². The van der Waals surface area contributed by atoms with Crippen LogP contribution in [0.1, 0.15) is 0 Å². The van der Waals surface area contributed by atoms with Crippen LogP contribution in [0, 0.1) is 0 Å². The van der Waals surface area contributed by atoms with E-state index in [1.165, 1.54) is 0 Å². The van der Waals surface area contributed by atoms with Gasteiger partial charge in [-0.05, 0) is 0 Å². The molecule has 0 saturated carbocycles. The Morgan fingerprint density at radius 3 is 1.25 bits per heavy atom. The first-order chi connectivity index (χ1) is 11.9. The summed E-state index contributed by atoms with van der Waals surface area (Å²) in [6.07, 6.45) is 1.79. The smallest absolute Gasteiger partial charge is 0.104 e. The Morgan fingerprint density at radius 2 is 0.958 bits per heavy atom. The van der Waals surface area contributed by atoms with Gasteiger partial charge in [-0.2, -0.15) is 0 Å². The highest BCUT2D eigenvalue weighted by molar-refractivity contribution is 4.99. The highest BCUT2D eigenvalue weighted by Crippen LogP contribution is 2.12. The quantitative estimate of drug-likeness (QED) is 0.710. The Kier molecular flexibility index (Phi) is 7.47. The normalized spacial score (nSPS) is 31.0. The van der Waals surface area contributed by atoms with Crippen molar-refractivity contribution >= 4 is 0 Å². The van der Waals surface area contributed by atoms with Gasteiger partial charge in [0.2, 0.25) is 0 Å². The van der Waals surface area contributed by atoms with E-state index >= 15 is 0 Å². The van der Waals surface area contributed by atoms with Gasteiger partial charge in [-0.15, -0.1) is 0 Å². The maximum absolute atomic E-state index is 5.23. The van der Waals surface area contributed by atoms with Crippen LogP contribution < -0.4 is 5.32 Å². The third-order valence-electron chi connectivity index (χ3n) is 3.63. The SMILES string of the molecule is C(NCC1CO1)C1CO1.C(OCC1CO1)C1CO1.c1ccccc1. The zero-order valence-electron chi connectivity index (χ0n) is 14.0. The Balaban J connectivity index is 0.000000108. The van der Waals surface area contributed by atoms with Gasteiger partial charge in [-0.3, -0.25) is 0 Å². The third kappa shape index (κ3) is 9.97. The summed E-state index contributed by atoms with van der Waals surface area (Å²) in [4.78, 5) is 0. The van der Waals surface area contributed by atoms with Crippen LogP contribution in [0.4, 0.5) is 0 Å². The number of epoxide rings is 4. The molecule has 4 fully saturated rings. The molecule has 0 aromatic heterocycles. The van der Waals surface area contributed by atoms with E-state index < -0.39 is 0 Å². The maximum atomic E-state index is 5.23. The van der Waals surface area contributed by atoms with Crippen molar-refractivity contribution in [3.8, 4) is 0 Å². The lowest BCUT2D eigenvalue weighted by atomic mass is 10.4. The van der Waals surface area contributed by atoms with Crippen molar-refractivity contribution < 1.29 is 23.7 Å². The molecule has 1 N–H and O–H groups in total. The van der Waals surface area contributed by atoms with Crippen molar-refractivity contribution in [3.63, 3.8) is 0 Å². The number of hydrogen-bond donors (Lipinski definition) is 1. The van der Waals surface area contributed by atoms with Crippen molar-refractivity contribution in [1.29, 1.82) is 0 Å². The molecule has 5 rings (SSSR count). The van der Waals surface area contributed by atoms with E-state index in [0.717, 1.165) is 52.7 Å². The molecular formula is C18H27NO5. The fourth-order valence-electron chi connectivity index (χ4n) is 1.82. The molecule has 1 aromatic carbocycles. The van der Waals surface area contributed by atoms with Crippen LogP contribution in [0.3, 0.4) is 0 Å². The molecule has 134 valence electrons. The molecule has 0 amide bonds. The molecule has 4 atom stereocenters. The summed E-state index contributed by atoms with van der Waals surface area (Å²) in [6, 6.07) is 12.0. The summed E-state index contributed by atoms with van der Waals surface area (Å²) in [6.45, 7) is 7.15. The number of hydrogen-bond acceptors (Lipinski definition) is 6. The van der Waals surface area contributed by atoms with Crippen molar-refractivity contribution in [2.45, 2.75) is 24.4 Å². The van der Waals surface area contributed by atoms with E-state index in [9.17, 15) is 0 Å². The molecule has 0 radical (unpaired) electrons. The second kappa shape index (κ2) is 10.1. The van der Waals surface area contributed by atoms with E-state index in [2.05, 4.69) is 5.32 Å². The maximum Gasteiger partial charge on any atom is 0.104 e. The first-order valence-corrected chi connectivity index (χ1v) is 8.65. The van der Waals surface area contributed by atoms with Gasteiger partial charge in [0.25, 0.3) is 0 Å². The van der Waals surface area contributed by atoms with Gasteiger partial charge in [0, 0.05) is 13.1 Å². The van der Waals surface area contributed by atoms with Gasteiger partial charge < -0.3 is 29.0 Å². The van der Waals surface area contributed by atoms with Crippen LogP contribution in [0.25, 0.3) is 0 Å². The van der Waals surface area contributed by atoms with Crippen molar-refractivity contribution in [3.05, 3.63) is 36.4 Å². The molecular weight excluding hydrogens is 310 g/mol. The van der Waals surface area contributed by atoms with E-state index in [0.29, 0.717) is 24.4 Å². The van der Waals surface area contributed by atoms with Crippen molar-refractivity contribution in [2.75, 3.05) is 52.7 Å². The molecule has 6 nitrogen and oxygen atoms in total. The van der Waals surface area contributed by atoms with Gasteiger partial charge in [0.15, 0.2) is 0 Å². The van der Waals surface area contributed by atoms with Gasteiger partial charge in [0.1, 0.15) is 12.2 Å². The van der Waals surface area contributed by atoms with E-state index in [4.69, 9.17) is 23.7 Å². The molecule has 4 aliphatic heterocycles. The summed E-state index contributed by atoms with van der Waals surface area (Å²) < 4.78 is 25.1. The fourth-order valence-corrected chi connectivity index (χ4v) is 1.82. The van der Waals surface area contributed by atoms with Crippen LogP contribution in [-0.4, -0.2) is 77.1 Å². The molecule has 4 heterocycles. The Hall–Kier alpha value is -1.02. The van der Waals surface area contributed by atoms with E-state index in [1.807, 2.05) is 36.4 Å². The molecule has 4 saturated heterocycles.